The quantitative estimate of drug-likeness (QED) is 0.585. The molecule has 4 nitrogen and oxygen atoms in total. The topological polar surface area (TPSA) is 67.3 Å². The molecule has 0 unspecified atom stereocenters. The zero-order valence-electron chi connectivity index (χ0n) is 5.53. The average molecular weight is 228 g/mol. The monoisotopic (exact) mass is 227 g/mol. The van der Waals surface area contributed by atoms with Crippen molar-refractivity contribution in [1.82, 2.24) is 4.98 Å². The van der Waals surface area contributed by atoms with Crippen LogP contribution < -0.4 is 0 Å². The third kappa shape index (κ3) is 2.07. The van der Waals surface area contributed by atoms with E-state index in [9.17, 15) is 8.42 Å². The third-order valence-corrected chi connectivity index (χ3v) is 2.55. The summed E-state index contributed by atoms with van der Waals surface area (Å²) < 4.78 is 29.7. The largest absolute Gasteiger partial charge is 0.297 e. The van der Waals surface area contributed by atoms with E-state index in [1.165, 1.54) is 6.07 Å². The van der Waals surface area contributed by atoms with Crippen LogP contribution in [0.4, 0.5) is 0 Å². The summed E-state index contributed by atoms with van der Waals surface area (Å²) in [5.74, 6) is 0. The van der Waals surface area contributed by atoms with Gasteiger partial charge >= 0.3 is 0 Å². The van der Waals surface area contributed by atoms with Crippen molar-refractivity contribution in [2.24, 2.45) is 0 Å². The zero-order chi connectivity index (χ0) is 9.35. The second-order valence-electron chi connectivity index (χ2n) is 1.90. The highest BCUT2D eigenvalue weighted by molar-refractivity contribution is 7.86. The Labute approximate surface area is 78.9 Å². The van der Waals surface area contributed by atoms with Crippen molar-refractivity contribution in [3.8, 4) is 0 Å². The molecule has 0 aromatic carbocycles. The number of aromatic nitrogens is 1. The van der Waals surface area contributed by atoms with Gasteiger partial charge in [-0.2, -0.15) is 8.42 Å². The van der Waals surface area contributed by atoms with Gasteiger partial charge in [0.05, 0.1) is 0 Å². The summed E-state index contributed by atoms with van der Waals surface area (Å²) in [6.07, 6.45) is 0. The first kappa shape index (κ1) is 9.73. The van der Waals surface area contributed by atoms with Crippen molar-refractivity contribution in [3.05, 3.63) is 22.4 Å². The van der Waals surface area contributed by atoms with Gasteiger partial charge in [-0.05, 0) is 12.1 Å². The zero-order valence-corrected chi connectivity index (χ0v) is 7.86. The fourth-order valence-electron chi connectivity index (χ4n) is 0.592. The third-order valence-electron chi connectivity index (χ3n) is 1.06. The number of rotatable bonds is 1. The first-order valence-corrected chi connectivity index (χ1v) is 4.90. The first-order chi connectivity index (χ1) is 5.41. The Balaban J connectivity index is 3.39. The summed E-state index contributed by atoms with van der Waals surface area (Å²) in [4.78, 5) is 2.98. The molecule has 0 spiro atoms. The predicted molar refractivity (Wildman–Crippen MR) is 44.1 cm³/mol. The van der Waals surface area contributed by atoms with E-state index in [1.807, 2.05) is 0 Å². The number of hydrogen-bond acceptors (Lipinski definition) is 3. The Bertz CT molecular complexity index is 403. The second kappa shape index (κ2) is 3.18. The van der Waals surface area contributed by atoms with Crippen molar-refractivity contribution in [3.63, 3.8) is 0 Å². The van der Waals surface area contributed by atoms with Crippen LogP contribution in [0.2, 0.25) is 10.3 Å². The fourth-order valence-corrected chi connectivity index (χ4v) is 1.73. The molecule has 1 N–H and O–H groups in total. The Morgan fingerprint density at radius 2 is 1.92 bits per heavy atom. The molecular weight excluding hydrogens is 225 g/mol. The van der Waals surface area contributed by atoms with Crippen LogP contribution in [0.3, 0.4) is 0 Å². The molecule has 0 saturated heterocycles. The minimum absolute atomic E-state index is 0.0624. The van der Waals surface area contributed by atoms with Crippen LogP contribution >= 0.6 is 23.2 Å². The van der Waals surface area contributed by atoms with E-state index in [0.29, 0.717) is 0 Å². The lowest BCUT2D eigenvalue weighted by atomic mass is 10.5. The lowest BCUT2D eigenvalue weighted by Crippen LogP contribution is -1.99. The van der Waals surface area contributed by atoms with Crippen LogP contribution in [-0.4, -0.2) is 18.0 Å². The van der Waals surface area contributed by atoms with E-state index in [1.54, 1.807) is 0 Å². The normalized spacial score (nSPS) is 11.6. The Morgan fingerprint density at radius 3 is 2.33 bits per heavy atom. The summed E-state index contributed by atoms with van der Waals surface area (Å²) in [6.45, 7) is 0. The van der Waals surface area contributed by atoms with Crippen molar-refractivity contribution in [2.45, 2.75) is 4.90 Å². The van der Waals surface area contributed by atoms with Crippen LogP contribution in [-0.2, 0) is 10.1 Å². The van der Waals surface area contributed by atoms with E-state index >= 15 is 0 Å². The molecule has 0 radical (unpaired) electrons. The molecule has 1 rings (SSSR count). The molecule has 12 heavy (non-hydrogen) atoms. The standard InChI is InChI=1S/C5H3Cl2NO3S/c6-4-2-1-3(5(7)8-4)12(9,10)11/h1-2H,(H,9,10,11). The maximum absolute atomic E-state index is 10.6. The molecule has 0 aliphatic carbocycles. The Morgan fingerprint density at radius 1 is 1.33 bits per heavy atom. The summed E-state index contributed by atoms with van der Waals surface area (Å²) >= 11 is 10.8. The van der Waals surface area contributed by atoms with E-state index in [-0.39, 0.29) is 10.3 Å². The molecule has 0 atom stereocenters. The molecule has 66 valence electrons. The Kier molecular flexibility index (Phi) is 2.58. The molecule has 0 saturated carbocycles. The summed E-state index contributed by atoms with van der Waals surface area (Å²) in [6, 6.07) is 2.30. The van der Waals surface area contributed by atoms with Crippen molar-refractivity contribution < 1.29 is 13.0 Å². The van der Waals surface area contributed by atoms with Gasteiger partial charge in [0.2, 0.25) is 0 Å². The minimum atomic E-state index is -4.30. The molecule has 0 fully saturated rings. The summed E-state index contributed by atoms with van der Waals surface area (Å²) in [7, 11) is -4.30. The molecule has 0 aliphatic heterocycles. The first-order valence-electron chi connectivity index (χ1n) is 2.71. The molecule has 0 bridgehead atoms. The van der Waals surface area contributed by atoms with Crippen molar-refractivity contribution in [2.75, 3.05) is 0 Å². The van der Waals surface area contributed by atoms with Crippen LogP contribution in [0, 0.1) is 0 Å². The number of nitrogens with zero attached hydrogens (tertiary/aromatic N) is 1. The van der Waals surface area contributed by atoms with Gasteiger partial charge in [0.25, 0.3) is 10.1 Å². The molecule has 1 aromatic rings. The van der Waals surface area contributed by atoms with Gasteiger partial charge < -0.3 is 0 Å². The van der Waals surface area contributed by atoms with E-state index in [4.69, 9.17) is 27.8 Å². The van der Waals surface area contributed by atoms with Crippen molar-refractivity contribution in [1.29, 1.82) is 0 Å². The molecule has 7 heteroatoms. The van der Waals surface area contributed by atoms with Gasteiger partial charge in [-0.25, -0.2) is 4.98 Å². The average Bonchev–Trinajstić information content (AvgIpc) is 1.83. The molecular formula is C5H3Cl2NO3S. The number of pyridine rings is 1. The van der Waals surface area contributed by atoms with Gasteiger partial charge in [0.15, 0.2) is 5.15 Å². The van der Waals surface area contributed by atoms with Crippen LogP contribution in [0.1, 0.15) is 0 Å². The Hall–Kier alpha value is -0.360. The number of hydrogen-bond donors (Lipinski definition) is 1. The lowest BCUT2D eigenvalue weighted by Gasteiger charge is -1.98. The SMILES string of the molecule is O=S(=O)(O)c1ccc(Cl)nc1Cl. The summed E-state index contributed by atoms with van der Waals surface area (Å²) in [5.41, 5.74) is 0. The maximum Gasteiger partial charge on any atom is 0.297 e. The van der Waals surface area contributed by atoms with E-state index in [2.05, 4.69) is 4.98 Å². The van der Waals surface area contributed by atoms with Crippen LogP contribution in [0.5, 0.6) is 0 Å². The van der Waals surface area contributed by atoms with Gasteiger partial charge in [-0.15, -0.1) is 0 Å². The van der Waals surface area contributed by atoms with Gasteiger partial charge in [-0.1, -0.05) is 23.2 Å². The smallest absolute Gasteiger partial charge is 0.282 e. The van der Waals surface area contributed by atoms with E-state index in [0.717, 1.165) is 6.07 Å². The maximum atomic E-state index is 10.6. The van der Waals surface area contributed by atoms with Crippen LogP contribution in [0.15, 0.2) is 17.0 Å². The fraction of sp³-hybridized carbons (Fsp3) is 0. The highest BCUT2D eigenvalue weighted by Crippen LogP contribution is 2.20. The van der Waals surface area contributed by atoms with E-state index < -0.39 is 15.0 Å². The van der Waals surface area contributed by atoms with Crippen LogP contribution in [0.25, 0.3) is 0 Å². The van der Waals surface area contributed by atoms with Gasteiger partial charge in [0.1, 0.15) is 10.0 Å². The highest BCUT2D eigenvalue weighted by atomic mass is 35.5. The molecule has 0 amide bonds. The number of halogens is 2. The summed E-state index contributed by atoms with van der Waals surface area (Å²) in [5, 5.41) is -0.280. The minimum Gasteiger partial charge on any atom is -0.282 e. The van der Waals surface area contributed by atoms with Gasteiger partial charge in [0, 0.05) is 0 Å². The molecule has 1 aromatic heterocycles. The molecule has 1 heterocycles. The van der Waals surface area contributed by atoms with Crippen molar-refractivity contribution >= 4 is 33.3 Å². The highest BCUT2D eigenvalue weighted by Gasteiger charge is 2.15. The van der Waals surface area contributed by atoms with Gasteiger partial charge in [-0.3, -0.25) is 4.55 Å². The predicted octanol–water partition coefficient (Wildman–Crippen LogP) is 1.64. The lowest BCUT2D eigenvalue weighted by molar-refractivity contribution is 0.483. The second-order valence-corrected chi connectivity index (χ2v) is 4.03. The molecule has 0 aliphatic rings.